The Labute approximate surface area is 149 Å². The highest BCUT2D eigenvalue weighted by molar-refractivity contribution is 5.94. The summed E-state index contributed by atoms with van der Waals surface area (Å²) in [4.78, 5) is 16.1. The number of aromatic nitrogens is 3. The lowest BCUT2D eigenvalue weighted by Crippen LogP contribution is -2.17. The number of H-pyrrole nitrogens is 1. The van der Waals surface area contributed by atoms with Crippen LogP contribution in [0.5, 0.6) is 11.5 Å². The van der Waals surface area contributed by atoms with E-state index in [-0.39, 0.29) is 0 Å². The van der Waals surface area contributed by atoms with Crippen molar-refractivity contribution >= 4 is 12.1 Å². The van der Waals surface area contributed by atoms with Crippen LogP contribution < -0.4 is 14.9 Å². The molecule has 8 nitrogen and oxygen atoms in total. The lowest BCUT2D eigenvalue weighted by molar-refractivity contribution is 0.0950. The molecule has 0 radical (unpaired) electrons. The van der Waals surface area contributed by atoms with Gasteiger partial charge in [0.2, 0.25) is 0 Å². The Morgan fingerprint density at radius 2 is 1.88 bits per heavy atom. The molecule has 1 amide bonds. The van der Waals surface area contributed by atoms with Gasteiger partial charge in [0.25, 0.3) is 5.91 Å². The van der Waals surface area contributed by atoms with E-state index in [4.69, 9.17) is 9.47 Å². The van der Waals surface area contributed by atoms with Crippen LogP contribution in [0.1, 0.15) is 16.1 Å². The quantitative estimate of drug-likeness (QED) is 0.524. The summed E-state index contributed by atoms with van der Waals surface area (Å²) in [7, 11) is 3.13. The number of amides is 1. The summed E-state index contributed by atoms with van der Waals surface area (Å²) in [6.45, 7) is 0. The lowest BCUT2D eigenvalue weighted by Gasteiger charge is -2.08. The number of methoxy groups -OCH3 is 2. The Bertz CT molecular complexity index is 922. The van der Waals surface area contributed by atoms with Gasteiger partial charge in [-0.25, -0.2) is 5.43 Å². The minimum absolute atomic E-state index is 0.293. The van der Waals surface area contributed by atoms with E-state index in [2.05, 4.69) is 25.7 Å². The highest BCUT2D eigenvalue weighted by Gasteiger charge is 2.12. The van der Waals surface area contributed by atoms with Crippen LogP contribution in [-0.2, 0) is 0 Å². The predicted octanol–water partition coefficient (Wildman–Crippen LogP) is 2.25. The van der Waals surface area contributed by atoms with E-state index in [0.29, 0.717) is 22.9 Å². The maximum atomic E-state index is 12.1. The number of carbonyl (C=O) groups is 1. The van der Waals surface area contributed by atoms with Crippen molar-refractivity contribution in [2.75, 3.05) is 14.2 Å². The zero-order chi connectivity index (χ0) is 18.4. The van der Waals surface area contributed by atoms with Crippen molar-refractivity contribution in [2.24, 2.45) is 5.10 Å². The van der Waals surface area contributed by atoms with E-state index in [1.54, 1.807) is 56.9 Å². The monoisotopic (exact) mass is 351 g/mol. The van der Waals surface area contributed by atoms with Gasteiger partial charge in [-0.3, -0.25) is 14.9 Å². The number of hydrogen-bond acceptors (Lipinski definition) is 6. The molecule has 0 aliphatic heterocycles. The maximum Gasteiger partial charge on any atom is 0.289 e. The van der Waals surface area contributed by atoms with Crippen molar-refractivity contribution in [3.63, 3.8) is 0 Å². The molecule has 0 fully saturated rings. The smallest absolute Gasteiger partial charge is 0.289 e. The van der Waals surface area contributed by atoms with Gasteiger partial charge in [-0.2, -0.15) is 10.2 Å². The second-order valence-corrected chi connectivity index (χ2v) is 5.22. The first-order valence-corrected chi connectivity index (χ1v) is 7.72. The van der Waals surface area contributed by atoms with Crippen LogP contribution in [0.3, 0.4) is 0 Å². The van der Waals surface area contributed by atoms with Crippen molar-refractivity contribution in [3.8, 4) is 22.8 Å². The zero-order valence-electron chi connectivity index (χ0n) is 14.3. The zero-order valence-corrected chi connectivity index (χ0v) is 14.3. The largest absolute Gasteiger partial charge is 0.493 e. The number of rotatable bonds is 6. The van der Waals surface area contributed by atoms with Crippen molar-refractivity contribution in [1.82, 2.24) is 20.6 Å². The lowest BCUT2D eigenvalue weighted by atomic mass is 10.1. The third kappa shape index (κ3) is 3.86. The molecule has 3 rings (SSSR count). The molecule has 0 spiro atoms. The van der Waals surface area contributed by atoms with Gasteiger partial charge in [0.1, 0.15) is 5.69 Å². The first kappa shape index (κ1) is 17.2. The molecule has 132 valence electrons. The van der Waals surface area contributed by atoms with E-state index in [0.717, 1.165) is 11.1 Å². The van der Waals surface area contributed by atoms with Crippen LogP contribution in [-0.4, -0.2) is 41.5 Å². The van der Waals surface area contributed by atoms with Gasteiger partial charge in [-0.05, 0) is 42.0 Å². The van der Waals surface area contributed by atoms with Crippen molar-refractivity contribution in [3.05, 3.63) is 60.0 Å². The van der Waals surface area contributed by atoms with Crippen molar-refractivity contribution < 1.29 is 14.3 Å². The average molecular weight is 351 g/mol. The number of benzene rings is 1. The minimum atomic E-state index is -0.394. The molecule has 0 unspecified atom stereocenters. The second-order valence-electron chi connectivity index (χ2n) is 5.22. The van der Waals surface area contributed by atoms with E-state index >= 15 is 0 Å². The molecule has 0 saturated carbocycles. The Morgan fingerprint density at radius 3 is 2.62 bits per heavy atom. The van der Waals surface area contributed by atoms with E-state index in [9.17, 15) is 4.79 Å². The summed E-state index contributed by atoms with van der Waals surface area (Å²) < 4.78 is 10.5. The summed E-state index contributed by atoms with van der Waals surface area (Å²) in [6.07, 6.45) is 4.83. The Balaban J connectivity index is 1.71. The predicted molar refractivity (Wildman–Crippen MR) is 96.4 cm³/mol. The van der Waals surface area contributed by atoms with Gasteiger partial charge < -0.3 is 9.47 Å². The van der Waals surface area contributed by atoms with Crippen LogP contribution in [0, 0.1) is 0 Å². The first-order valence-electron chi connectivity index (χ1n) is 7.72. The molecular formula is C18H17N5O3. The fourth-order valence-corrected chi connectivity index (χ4v) is 2.26. The average Bonchev–Trinajstić information content (AvgIpc) is 3.18. The van der Waals surface area contributed by atoms with Crippen LogP contribution in [0.2, 0.25) is 0 Å². The Morgan fingerprint density at radius 1 is 1.12 bits per heavy atom. The van der Waals surface area contributed by atoms with E-state index < -0.39 is 5.91 Å². The third-order valence-corrected chi connectivity index (χ3v) is 3.59. The van der Waals surface area contributed by atoms with Crippen LogP contribution in [0.15, 0.2) is 53.9 Å². The van der Waals surface area contributed by atoms with Gasteiger partial charge in [-0.1, -0.05) is 0 Å². The SMILES string of the molecule is COc1ccc(-c2cc(C(=O)N/N=C\c3ccncc3)[nH]n2)cc1OC. The number of nitrogens with one attached hydrogen (secondary N) is 2. The highest BCUT2D eigenvalue weighted by Crippen LogP contribution is 2.31. The molecule has 0 saturated heterocycles. The van der Waals surface area contributed by atoms with Crippen molar-refractivity contribution in [2.45, 2.75) is 0 Å². The number of hydrazone groups is 1. The number of nitrogens with zero attached hydrogens (tertiary/aromatic N) is 3. The molecule has 0 atom stereocenters. The van der Waals surface area contributed by atoms with Gasteiger partial charge in [0.15, 0.2) is 11.5 Å². The fraction of sp³-hybridized carbons (Fsp3) is 0.111. The molecule has 26 heavy (non-hydrogen) atoms. The van der Waals surface area contributed by atoms with Gasteiger partial charge >= 0.3 is 0 Å². The summed E-state index contributed by atoms with van der Waals surface area (Å²) in [5.74, 6) is 0.811. The normalized spacial score (nSPS) is 10.7. The molecule has 1 aromatic carbocycles. The molecule has 8 heteroatoms. The van der Waals surface area contributed by atoms with Crippen LogP contribution in [0.4, 0.5) is 0 Å². The van der Waals surface area contributed by atoms with E-state index in [1.165, 1.54) is 6.21 Å². The molecule has 0 aliphatic rings. The number of pyridine rings is 1. The molecule has 2 heterocycles. The molecule has 2 aromatic heterocycles. The molecule has 3 aromatic rings. The third-order valence-electron chi connectivity index (χ3n) is 3.59. The topological polar surface area (TPSA) is 101 Å². The summed E-state index contributed by atoms with van der Waals surface area (Å²) in [6, 6.07) is 10.6. The van der Waals surface area contributed by atoms with Crippen LogP contribution >= 0.6 is 0 Å². The standard InChI is InChI=1S/C18H17N5O3/c1-25-16-4-3-13(9-17(16)26-2)14-10-15(22-21-14)18(24)23-20-11-12-5-7-19-8-6-12/h3-11H,1-2H3,(H,21,22)(H,23,24)/b20-11-. The highest BCUT2D eigenvalue weighted by atomic mass is 16.5. The number of aromatic amines is 1. The van der Waals surface area contributed by atoms with E-state index in [1.807, 2.05) is 6.07 Å². The molecule has 2 N–H and O–H groups in total. The number of carbonyl (C=O) groups excluding carboxylic acids is 1. The second kappa shape index (κ2) is 7.93. The Kier molecular flexibility index (Phi) is 5.23. The Hall–Kier alpha value is -3.68. The number of ether oxygens (including phenoxy) is 2. The molecule has 0 bridgehead atoms. The maximum absolute atomic E-state index is 12.1. The van der Waals surface area contributed by atoms with Crippen LogP contribution in [0.25, 0.3) is 11.3 Å². The number of hydrogen-bond donors (Lipinski definition) is 2. The van der Waals surface area contributed by atoms with Gasteiger partial charge in [0, 0.05) is 18.0 Å². The summed E-state index contributed by atoms with van der Waals surface area (Å²) in [5, 5.41) is 10.8. The van der Waals surface area contributed by atoms with Gasteiger partial charge in [0.05, 0.1) is 26.1 Å². The summed E-state index contributed by atoms with van der Waals surface area (Å²) >= 11 is 0. The first-order chi connectivity index (χ1) is 12.7. The fourth-order valence-electron chi connectivity index (χ4n) is 2.26. The minimum Gasteiger partial charge on any atom is -0.493 e. The molecular weight excluding hydrogens is 334 g/mol. The molecule has 0 aliphatic carbocycles. The van der Waals surface area contributed by atoms with Gasteiger partial charge in [-0.15, -0.1) is 0 Å². The summed E-state index contributed by atoms with van der Waals surface area (Å²) in [5.41, 5.74) is 4.97. The van der Waals surface area contributed by atoms with Crippen molar-refractivity contribution in [1.29, 1.82) is 0 Å².